The first-order chi connectivity index (χ1) is 13.3. The van der Waals surface area contributed by atoms with E-state index in [1.54, 1.807) is 0 Å². The average Bonchev–Trinajstić information content (AvgIpc) is 2.70. The molecule has 4 heteroatoms. The predicted molar refractivity (Wildman–Crippen MR) is 116 cm³/mol. The lowest BCUT2D eigenvalue weighted by atomic mass is 9.84. The maximum atomic E-state index is 12.9. The lowest BCUT2D eigenvalue weighted by Gasteiger charge is -2.29. The van der Waals surface area contributed by atoms with Crippen LogP contribution in [0, 0.1) is 12.3 Å². The highest BCUT2D eigenvalue weighted by molar-refractivity contribution is 6.22. The molecule has 3 rings (SSSR count). The van der Waals surface area contributed by atoms with Gasteiger partial charge in [-0.05, 0) is 45.2 Å². The summed E-state index contributed by atoms with van der Waals surface area (Å²) in [6.07, 6.45) is 7.48. The third-order valence-electron chi connectivity index (χ3n) is 5.29. The Balaban J connectivity index is 1.98. The van der Waals surface area contributed by atoms with E-state index < -0.39 is 5.41 Å². The number of nitrogens with zero attached hydrogens (tertiary/aromatic N) is 3. The van der Waals surface area contributed by atoms with Crippen molar-refractivity contribution in [3.8, 4) is 11.3 Å². The molecule has 0 spiro atoms. The van der Waals surface area contributed by atoms with Crippen LogP contribution >= 0.6 is 0 Å². The molecule has 1 aliphatic heterocycles. The summed E-state index contributed by atoms with van der Waals surface area (Å²) in [4.78, 5) is 24.8. The lowest BCUT2D eigenvalue weighted by Crippen LogP contribution is -2.29. The summed E-state index contributed by atoms with van der Waals surface area (Å²) in [7, 11) is 0. The Hall–Kier alpha value is -2.49. The van der Waals surface area contributed by atoms with Gasteiger partial charge in [0, 0.05) is 35.3 Å². The van der Waals surface area contributed by atoms with Gasteiger partial charge in [0.25, 0.3) is 0 Å². The molecule has 1 aromatic heterocycles. The number of hydrogen-bond donors (Lipinski definition) is 0. The number of piperidine rings is 1. The van der Waals surface area contributed by atoms with E-state index >= 15 is 0 Å². The zero-order chi connectivity index (χ0) is 20.3. The van der Waals surface area contributed by atoms with Crippen LogP contribution in [0.3, 0.4) is 0 Å². The van der Waals surface area contributed by atoms with Crippen LogP contribution in [0.15, 0.2) is 36.5 Å². The summed E-state index contributed by atoms with van der Waals surface area (Å²) in [5, 5.41) is 0. The molecule has 4 nitrogen and oxygen atoms in total. The molecule has 1 aromatic carbocycles. The molecular weight excluding hydrogens is 346 g/mol. The van der Waals surface area contributed by atoms with Crippen LogP contribution in [0.5, 0.6) is 0 Å². The molecule has 148 valence electrons. The number of Topliss-reactive ketones (excluding diaryl/α,β-unsaturated/α-hetero) is 1. The number of hydrogen-bond acceptors (Lipinski definition) is 4. The monoisotopic (exact) mass is 377 g/mol. The van der Waals surface area contributed by atoms with E-state index in [1.165, 1.54) is 24.9 Å². The van der Waals surface area contributed by atoms with Crippen molar-refractivity contribution in [3.05, 3.63) is 47.9 Å². The van der Waals surface area contributed by atoms with Gasteiger partial charge in [-0.15, -0.1) is 0 Å². The molecule has 0 saturated carbocycles. The standard InChI is InChI=1S/C24H31N3O/c1-6-20(23(28)24(3,4)5)22-17(2)25-16-21(26-22)18-11-10-12-19(15-18)27-13-8-7-9-14-27/h6,10-12,15-16H,7-9,13-14H2,1-5H3/b20-6+. The van der Waals surface area contributed by atoms with Crippen LogP contribution in [0.1, 0.15) is 58.3 Å². The number of ketones is 1. The van der Waals surface area contributed by atoms with Gasteiger partial charge in [0.15, 0.2) is 5.78 Å². The Morgan fingerprint density at radius 1 is 1.14 bits per heavy atom. The van der Waals surface area contributed by atoms with Crippen molar-refractivity contribution in [2.75, 3.05) is 18.0 Å². The molecule has 1 saturated heterocycles. The highest BCUT2D eigenvalue weighted by Crippen LogP contribution is 2.30. The molecular formula is C24H31N3O. The number of benzene rings is 1. The molecule has 0 bridgehead atoms. The fraction of sp³-hybridized carbons (Fsp3) is 0.458. The summed E-state index contributed by atoms with van der Waals surface area (Å²) >= 11 is 0. The zero-order valence-corrected chi connectivity index (χ0v) is 17.7. The molecule has 0 N–H and O–H groups in total. The van der Waals surface area contributed by atoms with Crippen LogP contribution in [-0.2, 0) is 4.79 Å². The summed E-state index contributed by atoms with van der Waals surface area (Å²) < 4.78 is 0. The van der Waals surface area contributed by atoms with Crippen LogP contribution in [-0.4, -0.2) is 28.8 Å². The van der Waals surface area contributed by atoms with Crippen LogP contribution in [0.25, 0.3) is 16.8 Å². The Morgan fingerprint density at radius 2 is 1.86 bits per heavy atom. The van der Waals surface area contributed by atoms with Crippen LogP contribution in [0.2, 0.25) is 0 Å². The van der Waals surface area contributed by atoms with Gasteiger partial charge >= 0.3 is 0 Å². The number of allylic oxidation sites excluding steroid dienone is 2. The zero-order valence-electron chi connectivity index (χ0n) is 17.7. The fourth-order valence-corrected chi connectivity index (χ4v) is 3.64. The number of carbonyl (C=O) groups excluding carboxylic acids is 1. The first-order valence-electron chi connectivity index (χ1n) is 10.2. The van der Waals surface area contributed by atoms with Gasteiger partial charge in [0.1, 0.15) is 0 Å². The quantitative estimate of drug-likeness (QED) is 0.664. The minimum atomic E-state index is -0.458. The van der Waals surface area contributed by atoms with Gasteiger partial charge in [0.2, 0.25) is 0 Å². The van der Waals surface area contributed by atoms with Crippen molar-refractivity contribution in [3.63, 3.8) is 0 Å². The minimum Gasteiger partial charge on any atom is -0.372 e. The Kier molecular flexibility index (Phi) is 5.97. The fourth-order valence-electron chi connectivity index (χ4n) is 3.64. The molecule has 0 atom stereocenters. The smallest absolute Gasteiger partial charge is 0.170 e. The summed E-state index contributed by atoms with van der Waals surface area (Å²) in [6, 6.07) is 8.50. The Bertz CT molecular complexity index is 887. The van der Waals surface area contributed by atoms with Crippen LogP contribution < -0.4 is 4.90 Å². The van der Waals surface area contributed by atoms with Gasteiger partial charge in [-0.25, -0.2) is 4.98 Å². The summed E-state index contributed by atoms with van der Waals surface area (Å²) in [6.45, 7) is 11.8. The van der Waals surface area contributed by atoms with Crippen molar-refractivity contribution in [1.82, 2.24) is 9.97 Å². The molecule has 2 heterocycles. The number of carbonyl (C=O) groups is 1. The molecule has 1 fully saturated rings. The van der Waals surface area contributed by atoms with E-state index in [0.29, 0.717) is 11.3 Å². The van der Waals surface area contributed by atoms with E-state index in [1.807, 2.05) is 46.9 Å². The normalized spacial score (nSPS) is 15.6. The van der Waals surface area contributed by atoms with Crippen molar-refractivity contribution in [2.24, 2.45) is 5.41 Å². The second-order valence-corrected chi connectivity index (χ2v) is 8.57. The second kappa shape index (κ2) is 8.26. The van der Waals surface area contributed by atoms with Gasteiger partial charge < -0.3 is 4.90 Å². The predicted octanol–water partition coefficient (Wildman–Crippen LogP) is 5.46. The molecule has 0 amide bonds. The maximum Gasteiger partial charge on any atom is 0.170 e. The summed E-state index contributed by atoms with van der Waals surface area (Å²) in [5.41, 5.74) is 4.73. The molecule has 0 radical (unpaired) electrons. The van der Waals surface area contributed by atoms with Crippen molar-refractivity contribution < 1.29 is 4.79 Å². The molecule has 2 aromatic rings. The largest absolute Gasteiger partial charge is 0.372 e. The third-order valence-corrected chi connectivity index (χ3v) is 5.29. The SMILES string of the molecule is C/C=C(/C(=O)C(C)(C)C)c1nc(-c2cccc(N3CCCCC3)c2)cnc1C. The van der Waals surface area contributed by atoms with E-state index in [9.17, 15) is 4.79 Å². The number of rotatable bonds is 4. The van der Waals surface area contributed by atoms with Crippen LogP contribution in [0.4, 0.5) is 5.69 Å². The van der Waals surface area contributed by atoms with E-state index in [0.717, 1.165) is 30.0 Å². The first kappa shape index (κ1) is 20.2. The van der Waals surface area contributed by atoms with Gasteiger partial charge in [0.05, 0.1) is 23.3 Å². The highest BCUT2D eigenvalue weighted by atomic mass is 16.1. The lowest BCUT2D eigenvalue weighted by molar-refractivity contribution is -0.120. The first-order valence-corrected chi connectivity index (χ1v) is 10.2. The summed E-state index contributed by atoms with van der Waals surface area (Å²) in [5.74, 6) is 0.0895. The minimum absolute atomic E-state index is 0.0895. The molecule has 1 aliphatic rings. The Morgan fingerprint density at radius 3 is 2.50 bits per heavy atom. The number of anilines is 1. The average molecular weight is 378 g/mol. The van der Waals surface area contributed by atoms with Gasteiger partial charge in [-0.1, -0.05) is 39.0 Å². The van der Waals surface area contributed by atoms with E-state index in [2.05, 4.69) is 34.1 Å². The van der Waals surface area contributed by atoms with Crippen molar-refractivity contribution >= 4 is 17.0 Å². The van der Waals surface area contributed by atoms with E-state index in [4.69, 9.17) is 4.98 Å². The molecule has 0 aliphatic carbocycles. The number of aryl methyl sites for hydroxylation is 1. The molecule has 0 unspecified atom stereocenters. The van der Waals surface area contributed by atoms with Crippen molar-refractivity contribution in [1.29, 1.82) is 0 Å². The second-order valence-electron chi connectivity index (χ2n) is 8.57. The maximum absolute atomic E-state index is 12.9. The Labute approximate surface area is 168 Å². The molecule has 28 heavy (non-hydrogen) atoms. The number of aromatic nitrogens is 2. The van der Waals surface area contributed by atoms with Gasteiger partial charge in [-0.2, -0.15) is 0 Å². The third kappa shape index (κ3) is 4.32. The van der Waals surface area contributed by atoms with E-state index in [-0.39, 0.29) is 5.78 Å². The van der Waals surface area contributed by atoms with Crippen molar-refractivity contribution in [2.45, 2.75) is 53.9 Å². The van der Waals surface area contributed by atoms with Gasteiger partial charge in [-0.3, -0.25) is 9.78 Å². The topological polar surface area (TPSA) is 46.1 Å². The highest BCUT2D eigenvalue weighted by Gasteiger charge is 2.27.